The molecule has 2 aromatic heterocycles. The van der Waals surface area contributed by atoms with Crippen molar-refractivity contribution in [2.45, 2.75) is 47.0 Å². The van der Waals surface area contributed by atoms with Crippen LogP contribution in [0.25, 0.3) is 22.2 Å². The summed E-state index contributed by atoms with van der Waals surface area (Å²) >= 11 is 1.79. The van der Waals surface area contributed by atoms with E-state index in [1.165, 1.54) is 16.0 Å². The molecule has 0 radical (unpaired) electrons. The second-order valence-electron chi connectivity index (χ2n) is 8.92. The smallest absolute Gasteiger partial charge is 0.268 e. The normalized spacial score (nSPS) is 21.2. The van der Waals surface area contributed by atoms with E-state index in [9.17, 15) is 0 Å². The largest absolute Gasteiger partial charge is 0.491 e. The molecule has 5 rings (SSSR count). The summed E-state index contributed by atoms with van der Waals surface area (Å²) in [4.78, 5) is 7.29. The van der Waals surface area contributed by atoms with Crippen molar-refractivity contribution < 1.29 is 14.4 Å². The van der Waals surface area contributed by atoms with E-state index in [2.05, 4.69) is 25.9 Å². The van der Waals surface area contributed by atoms with Crippen LogP contribution in [0.15, 0.2) is 16.7 Å². The number of benzene rings is 1. The minimum absolute atomic E-state index is 0.00170. The van der Waals surface area contributed by atoms with E-state index in [-0.39, 0.29) is 13.2 Å². The lowest BCUT2D eigenvalue weighted by Crippen LogP contribution is -2.04. The SMILES string of the molecule is Cc1cc(-c2noc(-c3sc(C)c4c3C[C@@H]3[C@H]4C3(C)C)n2)cc(C)c1OCCO. The average molecular weight is 411 g/mol. The predicted molar refractivity (Wildman–Crippen MR) is 114 cm³/mol. The van der Waals surface area contributed by atoms with Crippen molar-refractivity contribution in [3.05, 3.63) is 39.3 Å². The molecule has 5 nitrogen and oxygen atoms in total. The van der Waals surface area contributed by atoms with E-state index in [1.807, 2.05) is 26.0 Å². The number of hydrogen-bond donors (Lipinski definition) is 1. The lowest BCUT2D eigenvalue weighted by atomic mass is 9.95. The molecular formula is C23H26N2O3S. The highest BCUT2D eigenvalue weighted by Gasteiger charge is 2.63. The summed E-state index contributed by atoms with van der Waals surface area (Å²) in [7, 11) is 0. The second-order valence-corrected chi connectivity index (χ2v) is 10.1. The van der Waals surface area contributed by atoms with Crippen LogP contribution >= 0.6 is 11.3 Å². The number of ether oxygens (including phenoxy) is 1. The molecule has 0 unspecified atom stereocenters. The molecule has 0 amide bonds. The molecule has 2 atom stereocenters. The molecule has 1 N–H and O–H groups in total. The Balaban J connectivity index is 1.47. The van der Waals surface area contributed by atoms with Crippen LogP contribution in [0, 0.1) is 32.1 Å². The summed E-state index contributed by atoms with van der Waals surface area (Å²) in [6.07, 6.45) is 1.12. The average Bonchev–Trinajstić information content (AvgIpc) is 3.15. The van der Waals surface area contributed by atoms with Crippen molar-refractivity contribution in [1.29, 1.82) is 0 Å². The molecule has 6 heteroatoms. The fraction of sp³-hybridized carbons (Fsp3) is 0.478. The molecule has 3 aromatic rings. The van der Waals surface area contributed by atoms with Crippen LogP contribution < -0.4 is 4.74 Å². The molecule has 0 aliphatic heterocycles. The topological polar surface area (TPSA) is 68.4 Å². The van der Waals surface area contributed by atoms with E-state index < -0.39 is 0 Å². The van der Waals surface area contributed by atoms with Crippen molar-refractivity contribution >= 4 is 11.3 Å². The zero-order valence-electron chi connectivity index (χ0n) is 17.5. The van der Waals surface area contributed by atoms with Crippen LogP contribution in [0.1, 0.15) is 46.9 Å². The molecule has 2 aliphatic carbocycles. The standard InChI is InChI=1S/C23H26N2O3S/c1-11-8-14(9-12(2)19(11)27-7-6-26)21-24-22(28-25-21)20-15-10-16-18(23(16,4)5)17(15)13(3)29-20/h8-9,16,18,26H,6-7,10H2,1-5H3/t16-,18-/m1/s1. The van der Waals surface area contributed by atoms with Crippen LogP contribution in [0.4, 0.5) is 0 Å². The Hall–Kier alpha value is -2.18. The number of aromatic nitrogens is 2. The van der Waals surface area contributed by atoms with Gasteiger partial charge in [0.1, 0.15) is 12.4 Å². The number of rotatable bonds is 5. The Kier molecular flexibility index (Phi) is 4.16. The molecular weight excluding hydrogens is 384 g/mol. The maximum absolute atomic E-state index is 9.01. The quantitative estimate of drug-likeness (QED) is 0.637. The summed E-state index contributed by atoms with van der Waals surface area (Å²) in [6.45, 7) is 11.3. The van der Waals surface area contributed by atoms with Gasteiger partial charge in [0.25, 0.3) is 5.89 Å². The minimum Gasteiger partial charge on any atom is -0.491 e. The second kappa shape index (κ2) is 6.41. The van der Waals surface area contributed by atoms with E-state index in [0.29, 0.717) is 23.0 Å². The molecule has 1 fully saturated rings. The van der Waals surface area contributed by atoms with Gasteiger partial charge in [-0.3, -0.25) is 0 Å². The molecule has 29 heavy (non-hydrogen) atoms. The summed E-state index contributed by atoms with van der Waals surface area (Å²) in [6, 6.07) is 4.02. The highest BCUT2D eigenvalue weighted by atomic mass is 32.1. The van der Waals surface area contributed by atoms with Crippen molar-refractivity contribution in [3.8, 4) is 27.9 Å². The van der Waals surface area contributed by atoms with Gasteiger partial charge in [0.05, 0.1) is 11.5 Å². The molecule has 0 spiro atoms. The summed E-state index contributed by atoms with van der Waals surface area (Å²) in [5, 5.41) is 13.3. The molecule has 0 bridgehead atoms. The summed E-state index contributed by atoms with van der Waals surface area (Å²) < 4.78 is 11.4. The predicted octanol–water partition coefficient (Wildman–Crippen LogP) is 5.06. The lowest BCUT2D eigenvalue weighted by molar-refractivity contribution is 0.200. The van der Waals surface area contributed by atoms with Gasteiger partial charge in [-0.05, 0) is 78.8 Å². The first-order valence-electron chi connectivity index (χ1n) is 10.1. The Morgan fingerprint density at radius 2 is 1.97 bits per heavy atom. The van der Waals surface area contributed by atoms with Gasteiger partial charge in [0, 0.05) is 10.4 Å². The van der Waals surface area contributed by atoms with Crippen molar-refractivity contribution in [1.82, 2.24) is 10.1 Å². The van der Waals surface area contributed by atoms with Gasteiger partial charge in [-0.2, -0.15) is 4.98 Å². The first-order chi connectivity index (χ1) is 13.8. The van der Waals surface area contributed by atoms with Gasteiger partial charge in [0.2, 0.25) is 5.82 Å². The third-order valence-electron chi connectivity index (χ3n) is 6.70. The maximum Gasteiger partial charge on any atom is 0.268 e. The van der Waals surface area contributed by atoms with Crippen LogP contribution in [-0.4, -0.2) is 28.5 Å². The van der Waals surface area contributed by atoms with Gasteiger partial charge in [-0.1, -0.05) is 19.0 Å². The number of hydrogen-bond acceptors (Lipinski definition) is 6. The van der Waals surface area contributed by atoms with Crippen molar-refractivity contribution in [2.75, 3.05) is 13.2 Å². The van der Waals surface area contributed by atoms with Crippen LogP contribution in [0.3, 0.4) is 0 Å². The number of aliphatic hydroxyl groups excluding tert-OH is 1. The first-order valence-corrected chi connectivity index (χ1v) is 11.0. The van der Waals surface area contributed by atoms with E-state index >= 15 is 0 Å². The van der Waals surface area contributed by atoms with Crippen molar-refractivity contribution in [3.63, 3.8) is 0 Å². The van der Waals surface area contributed by atoms with Crippen LogP contribution in [-0.2, 0) is 6.42 Å². The van der Waals surface area contributed by atoms with Crippen LogP contribution in [0.5, 0.6) is 5.75 Å². The van der Waals surface area contributed by atoms with E-state index in [0.717, 1.165) is 39.7 Å². The molecule has 0 saturated heterocycles. The fourth-order valence-corrected chi connectivity index (χ4v) is 6.35. The van der Waals surface area contributed by atoms with Gasteiger partial charge in [0.15, 0.2) is 0 Å². The number of nitrogens with zero attached hydrogens (tertiary/aromatic N) is 2. The fourth-order valence-electron chi connectivity index (χ4n) is 5.19. The molecule has 1 saturated carbocycles. The van der Waals surface area contributed by atoms with Crippen molar-refractivity contribution in [2.24, 2.45) is 11.3 Å². The maximum atomic E-state index is 9.01. The Morgan fingerprint density at radius 1 is 1.24 bits per heavy atom. The zero-order valence-corrected chi connectivity index (χ0v) is 18.3. The molecule has 1 aromatic carbocycles. The number of fused-ring (bicyclic) bond motifs is 3. The highest BCUT2D eigenvalue weighted by molar-refractivity contribution is 7.15. The molecule has 152 valence electrons. The van der Waals surface area contributed by atoms with E-state index in [4.69, 9.17) is 19.4 Å². The summed E-state index contributed by atoms with van der Waals surface area (Å²) in [5.41, 5.74) is 6.31. The minimum atomic E-state index is -0.00170. The Bertz CT molecular complexity index is 1090. The first kappa shape index (κ1) is 18.8. The van der Waals surface area contributed by atoms with Gasteiger partial charge < -0.3 is 14.4 Å². The summed E-state index contributed by atoms with van der Waals surface area (Å²) in [5.74, 6) is 3.49. The monoisotopic (exact) mass is 410 g/mol. The van der Waals surface area contributed by atoms with E-state index in [1.54, 1.807) is 11.3 Å². The third kappa shape index (κ3) is 2.76. The molecule has 2 heterocycles. The lowest BCUT2D eigenvalue weighted by Gasteiger charge is -2.12. The number of aryl methyl sites for hydroxylation is 3. The van der Waals surface area contributed by atoms with Gasteiger partial charge in [-0.25, -0.2) is 0 Å². The number of aliphatic hydroxyl groups is 1. The van der Waals surface area contributed by atoms with Gasteiger partial charge >= 0.3 is 0 Å². The Labute approximate surface area is 174 Å². The molecule has 2 aliphatic rings. The number of thiophene rings is 1. The zero-order chi connectivity index (χ0) is 20.5. The third-order valence-corrected chi connectivity index (χ3v) is 7.85. The highest BCUT2D eigenvalue weighted by Crippen LogP contribution is 2.72. The van der Waals surface area contributed by atoms with Crippen LogP contribution in [0.2, 0.25) is 0 Å². The van der Waals surface area contributed by atoms with Gasteiger partial charge in [-0.15, -0.1) is 11.3 Å². The Morgan fingerprint density at radius 3 is 2.66 bits per heavy atom.